The van der Waals surface area contributed by atoms with Gasteiger partial charge in [-0.15, -0.1) is 0 Å². The molecule has 4 N–H and O–H groups in total. The highest BCUT2D eigenvalue weighted by Gasteiger charge is 2.11. The summed E-state index contributed by atoms with van der Waals surface area (Å²) in [6.07, 6.45) is 0. The quantitative estimate of drug-likeness (QED) is 0.738. The Labute approximate surface area is 118 Å². The minimum absolute atomic E-state index is 0.105. The van der Waals surface area contributed by atoms with Gasteiger partial charge in [-0.05, 0) is 35.7 Å². The van der Waals surface area contributed by atoms with Crippen molar-refractivity contribution in [2.24, 2.45) is 0 Å². The smallest absolute Gasteiger partial charge is 0.337 e. The Balaban J connectivity index is 2.26. The number of benzene rings is 2. The summed E-state index contributed by atoms with van der Waals surface area (Å²) in [5.74, 6) is -0.550. The summed E-state index contributed by atoms with van der Waals surface area (Å²) in [7, 11) is 0. The number of carbonyl (C=O) groups is 1. The van der Waals surface area contributed by atoms with Crippen molar-refractivity contribution in [3.8, 4) is 0 Å². The van der Waals surface area contributed by atoms with Crippen LogP contribution in [0.25, 0.3) is 0 Å². The second-order valence-corrected chi connectivity index (χ2v) is 4.97. The van der Waals surface area contributed by atoms with Crippen molar-refractivity contribution in [2.45, 2.75) is 19.8 Å². The van der Waals surface area contributed by atoms with Gasteiger partial charge in [0.1, 0.15) is 0 Å². The molecule has 2 aromatic carbocycles. The number of nitrogens with one attached hydrogen (secondary N) is 1. The first-order chi connectivity index (χ1) is 9.49. The Bertz CT molecular complexity index is 619. The van der Waals surface area contributed by atoms with E-state index in [1.807, 2.05) is 24.3 Å². The molecule has 2 rings (SSSR count). The summed E-state index contributed by atoms with van der Waals surface area (Å²) >= 11 is 0. The Kier molecular flexibility index (Phi) is 3.94. The van der Waals surface area contributed by atoms with E-state index < -0.39 is 5.97 Å². The topological polar surface area (TPSA) is 75.3 Å². The van der Waals surface area contributed by atoms with Gasteiger partial charge in [-0.25, -0.2) is 4.79 Å². The Morgan fingerprint density at radius 3 is 2.35 bits per heavy atom. The first kappa shape index (κ1) is 13.9. The van der Waals surface area contributed by atoms with Gasteiger partial charge in [0.25, 0.3) is 0 Å². The molecule has 20 heavy (non-hydrogen) atoms. The van der Waals surface area contributed by atoms with Crippen LogP contribution in [0.4, 0.5) is 17.1 Å². The van der Waals surface area contributed by atoms with E-state index >= 15 is 0 Å². The molecule has 0 atom stereocenters. The molecule has 104 valence electrons. The molecule has 4 heteroatoms. The molecule has 0 fully saturated rings. The lowest BCUT2D eigenvalue weighted by Gasteiger charge is -2.12. The van der Waals surface area contributed by atoms with Gasteiger partial charge in [-0.1, -0.05) is 32.0 Å². The van der Waals surface area contributed by atoms with Crippen LogP contribution in [0.3, 0.4) is 0 Å². The lowest BCUT2D eigenvalue weighted by molar-refractivity contribution is 0.0698. The fourth-order valence-corrected chi connectivity index (χ4v) is 1.97. The van der Waals surface area contributed by atoms with Gasteiger partial charge in [-0.2, -0.15) is 0 Å². The number of nitrogen functional groups attached to an aromatic ring is 1. The molecule has 0 radical (unpaired) electrons. The number of carboxylic acid groups (broad SMARTS) is 1. The third-order valence-corrected chi connectivity index (χ3v) is 3.19. The number of rotatable bonds is 4. The summed E-state index contributed by atoms with van der Waals surface area (Å²) in [6, 6.07) is 12.9. The van der Waals surface area contributed by atoms with Crippen LogP contribution in [0.5, 0.6) is 0 Å². The zero-order valence-corrected chi connectivity index (χ0v) is 11.6. The highest BCUT2D eigenvalue weighted by atomic mass is 16.4. The number of nitrogens with two attached hydrogens (primary N) is 1. The zero-order chi connectivity index (χ0) is 14.7. The van der Waals surface area contributed by atoms with E-state index in [-0.39, 0.29) is 11.3 Å². The predicted molar refractivity (Wildman–Crippen MR) is 81.6 cm³/mol. The highest BCUT2D eigenvalue weighted by Crippen LogP contribution is 2.27. The summed E-state index contributed by atoms with van der Waals surface area (Å²) in [6.45, 7) is 4.27. The van der Waals surface area contributed by atoms with Crippen LogP contribution < -0.4 is 11.1 Å². The van der Waals surface area contributed by atoms with Crippen LogP contribution >= 0.6 is 0 Å². The van der Waals surface area contributed by atoms with Gasteiger partial charge in [0.15, 0.2) is 0 Å². The van der Waals surface area contributed by atoms with Crippen LogP contribution in [-0.2, 0) is 0 Å². The summed E-state index contributed by atoms with van der Waals surface area (Å²) in [5.41, 5.74) is 8.95. The number of hydrogen-bond donors (Lipinski definition) is 3. The van der Waals surface area contributed by atoms with Crippen molar-refractivity contribution in [2.75, 3.05) is 11.1 Å². The SMILES string of the molecule is CC(C)c1ccc(Nc2cccc(C(=O)O)c2N)cc1. The van der Waals surface area contributed by atoms with E-state index in [0.29, 0.717) is 11.6 Å². The van der Waals surface area contributed by atoms with Gasteiger partial charge in [0.2, 0.25) is 0 Å². The lowest BCUT2D eigenvalue weighted by atomic mass is 10.0. The molecule has 0 spiro atoms. The number of hydrogen-bond acceptors (Lipinski definition) is 3. The monoisotopic (exact) mass is 270 g/mol. The van der Waals surface area contributed by atoms with Crippen LogP contribution in [0.1, 0.15) is 35.7 Å². The Morgan fingerprint density at radius 1 is 1.15 bits per heavy atom. The Morgan fingerprint density at radius 2 is 1.80 bits per heavy atom. The van der Waals surface area contributed by atoms with E-state index in [0.717, 1.165) is 5.69 Å². The molecule has 0 aliphatic heterocycles. The fraction of sp³-hybridized carbons (Fsp3) is 0.188. The molecule has 0 aliphatic carbocycles. The molecule has 0 aliphatic rings. The van der Waals surface area contributed by atoms with Crippen molar-refractivity contribution >= 4 is 23.0 Å². The number of aromatic carboxylic acids is 1. The normalized spacial score (nSPS) is 10.6. The second kappa shape index (κ2) is 5.65. The van der Waals surface area contributed by atoms with E-state index in [2.05, 4.69) is 19.2 Å². The van der Waals surface area contributed by atoms with E-state index in [1.54, 1.807) is 12.1 Å². The second-order valence-electron chi connectivity index (χ2n) is 4.97. The van der Waals surface area contributed by atoms with Crippen LogP contribution in [0.15, 0.2) is 42.5 Å². The van der Waals surface area contributed by atoms with Crippen molar-refractivity contribution in [1.29, 1.82) is 0 Å². The maximum Gasteiger partial charge on any atom is 0.337 e. The van der Waals surface area contributed by atoms with Crippen LogP contribution in [-0.4, -0.2) is 11.1 Å². The zero-order valence-electron chi connectivity index (χ0n) is 11.6. The molecule has 0 heterocycles. The third kappa shape index (κ3) is 2.91. The minimum atomic E-state index is -1.03. The molecule has 0 amide bonds. The van der Waals surface area contributed by atoms with E-state index in [9.17, 15) is 4.79 Å². The molecular weight excluding hydrogens is 252 g/mol. The van der Waals surface area contributed by atoms with Gasteiger partial charge >= 0.3 is 5.97 Å². The summed E-state index contributed by atoms with van der Waals surface area (Å²) < 4.78 is 0. The minimum Gasteiger partial charge on any atom is -0.478 e. The average Bonchev–Trinajstić information content (AvgIpc) is 2.41. The lowest BCUT2D eigenvalue weighted by Crippen LogP contribution is -2.05. The van der Waals surface area contributed by atoms with Gasteiger partial charge in [0.05, 0.1) is 16.9 Å². The van der Waals surface area contributed by atoms with E-state index in [4.69, 9.17) is 10.8 Å². The molecule has 0 saturated carbocycles. The maximum absolute atomic E-state index is 11.0. The number of anilines is 3. The van der Waals surface area contributed by atoms with Crippen molar-refractivity contribution in [3.05, 3.63) is 53.6 Å². The summed E-state index contributed by atoms with van der Waals surface area (Å²) in [4.78, 5) is 11.0. The van der Waals surface area contributed by atoms with Crippen LogP contribution in [0, 0.1) is 0 Å². The van der Waals surface area contributed by atoms with Gasteiger partial charge in [0, 0.05) is 5.69 Å². The fourth-order valence-electron chi connectivity index (χ4n) is 1.97. The van der Waals surface area contributed by atoms with Crippen molar-refractivity contribution < 1.29 is 9.90 Å². The maximum atomic E-state index is 11.0. The summed E-state index contributed by atoms with van der Waals surface area (Å²) in [5, 5.41) is 12.2. The van der Waals surface area contributed by atoms with Crippen molar-refractivity contribution in [3.63, 3.8) is 0 Å². The molecule has 0 bridgehead atoms. The standard InChI is InChI=1S/C16H18N2O2/c1-10(2)11-6-8-12(9-7-11)18-14-5-3-4-13(15(14)17)16(19)20/h3-10,18H,17H2,1-2H3,(H,19,20). The van der Waals surface area contributed by atoms with Crippen LogP contribution in [0.2, 0.25) is 0 Å². The van der Waals surface area contributed by atoms with Crippen molar-refractivity contribution in [1.82, 2.24) is 0 Å². The first-order valence-electron chi connectivity index (χ1n) is 6.48. The average molecular weight is 270 g/mol. The molecule has 4 nitrogen and oxygen atoms in total. The highest BCUT2D eigenvalue weighted by molar-refractivity contribution is 5.97. The van der Waals surface area contributed by atoms with Gasteiger partial charge < -0.3 is 16.2 Å². The first-order valence-corrected chi connectivity index (χ1v) is 6.48. The Hall–Kier alpha value is -2.49. The largest absolute Gasteiger partial charge is 0.478 e. The predicted octanol–water partition coefficient (Wildman–Crippen LogP) is 3.83. The molecule has 2 aromatic rings. The third-order valence-electron chi connectivity index (χ3n) is 3.19. The molecule has 0 saturated heterocycles. The molecule has 0 aromatic heterocycles. The molecule has 0 unspecified atom stereocenters. The molecular formula is C16H18N2O2. The number of para-hydroxylation sites is 1. The van der Waals surface area contributed by atoms with Gasteiger partial charge in [-0.3, -0.25) is 0 Å². The van der Waals surface area contributed by atoms with E-state index in [1.165, 1.54) is 11.6 Å². The number of carboxylic acids is 1.